The number of rotatable bonds is 26. The van der Waals surface area contributed by atoms with E-state index in [0.29, 0.717) is 42.6 Å². The molecule has 0 radical (unpaired) electrons. The summed E-state index contributed by atoms with van der Waals surface area (Å²) in [6, 6.07) is 12.4. The van der Waals surface area contributed by atoms with Crippen LogP contribution in [0.25, 0.3) is 0 Å². The lowest BCUT2D eigenvalue weighted by atomic mass is 9.90. The molecule has 1 heterocycles. The predicted octanol–water partition coefficient (Wildman–Crippen LogP) is 3.59. The minimum atomic E-state index is -0.990. The second-order valence-electron chi connectivity index (χ2n) is 19.1. The van der Waals surface area contributed by atoms with Crippen molar-refractivity contribution in [2.75, 3.05) is 53.3 Å². The number of hydrogen-bond acceptors (Lipinski definition) is 12. The summed E-state index contributed by atoms with van der Waals surface area (Å²) in [5, 5.41) is 21.7. The predicted molar refractivity (Wildman–Crippen MR) is 266 cm³/mol. The van der Waals surface area contributed by atoms with Gasteiger partial charge in [0.05, 0.1) is 67.9 Å². The van der Waals surface area contributed by atoms with Crippen LogP contribution in [0.15, 0.2) is 54.6 Å². The topological polar surface area (TPSA) is 251 Å². The molecule has 5 unspecified atom stereocenters. The van der Waals surface area contributed by atoms with Gasteiger partial charge in [0.15, 0.2) is 0 Å². The zero-order chi connectivity index (χ0) is 52.4. The average molecular weight is 981 g/mol. The maximum atomic E-state index is 14.2. The molecule has 19 heteroatoms. The third kappa shape index (κ3) is 16.5. The number of aliphatic hydroxyl groups excluding tert-OH is 1. The summed E-state index contributed by atoms with van der Waals surface area (Å²) in [6.45, 7) is 14.3. The minimum absolute atomic E-state index is 0.0537. The van der Waals surface area contributed by atoms with Gasteiger partial charge in [0, 0.05) is 40.5 Å². The number of nitrogens with zero attached hydrogens (tertiary/aromatic N) is 3. The van der Waals surface area contributed by atoms with Crippen molar-refractivity contribution in [3.8, 4) is 0 Å². The fourth-order valence-electron chi connectivity index (χ4n) is 8.85. The van der Waals surface area contributed by atoms with Gasteiger partial charge in [-0.25, -0.2) is 4.79 Å². The Kier molecular flexibility index (Phi) is 23.7. The third-order valence-electron chi connectivity index (χ3n) is 13.4. The van der Waals surface area contributed by atoms with Gasteiger partial charge in [0.2, 0.25) is 35.4 Å². The molecular formula is C51H80N8O11. The summed E-state index contributed by atoms with van der Waals surface area (Å²) in [6.07, 6.45) is -1.10. The second-order valence-corrected chi connectivity index (χ2v) is 19.1. The molecule has 1 aliphatic heterocycles. The standard InChI is InChI=1S/C51H80N8O11/c1-13-32(6)45(39(68-11)26-41(61)59-25-17-20-38(59)47(69-12)33(7)48(64)55-34(8)46(63)36-18-15-14-16-19-36)57(9)42(62)28-54-50(66)44(31(4)5)58(10)51(67)70-29-35-21-23-37(24-22-35)56-40(60)27-53-49(65)43(52)30(2)3/h14-16,18-19,21-24,30-34,38-39,43-47,63H,13,17,20,25-29,52H2,1-12H3,(H,53,65)(H,54,66)(H,55,64)(H,56,60)/t32-,33+,34?,38-,39+,43?,44?,45?,46?,47+/m0/s1. The highest BCUT2D eigenvalue weighted by Gasteiger charge is 2.42. The number of methoxy groups -OCH3 is 2. The molecule has 3 rings (SSSR count). The summed E-state index contributed by atoms with van der Waals surface area (Å²) in [4.78, 5) is 97.4. The number of likely N-dealkylation sites (tertiary alicyclic amines) is 1. The van der Waals surface area contributed by atoms with Crippen LogP contribution in [0.5, 0.6) is 0 Å². The van der Waals surface area contributed by atoms with Gasteiger partial charge in [-0.1, -0.05) is 97.4 Å². The van der Waals surface area contributed by atoms with Crippen molar-refractivity contribution in [1.29, 1.82) is 0 Å². The van der Waals surface area contributed by atoms with E-state index in [9.17, 15) is 38.7 Å². The van der Waals surface area contributed by atoms with Crippen LogP contribution in [0, 0.1) is 23.7 Å². The lowest BCUT2D eigenvalue weighted by Crippen LogP contribution is -2.56. The molecule has 0 saturated carbocycles. The van der Waals surface area contributed by atoms with Crippen LogP contribution in [0.4, 0.5) is 10.5 Å². The molecule has 390 valence electrons. The van der Waals surface area contributed by atoms with Crippen molar-refractivity contribution < 1.29 is 52.9 Å². The Labute approximate surface area is 414 Å². The number of anilines is 1. The van der Waals surface area contributed by atoms with Gasteiger partial charge in [-0.15, -0.1) is 0 Å². The molecule has 1 aliphatic rings. The van der Waals surface area contributed by atoms with E-state index >= 15 is 0 Å². The van der Waals surface area contributed by atoms with E-state index in [0.717, 1.165) is 0 Å². The second kappa shape index (κ2) is 28.3. The third-order valence-corrected chi connectivity index (χ3v) is 13.4. The average Bonchev–Trinajstić information content (AvgIpc) is 3.83. The van der Waals surface area contributed by atoms with Gasteiger partial charge in [0.1, 0.15) is 12.6 Å². The fourth-order valence-corrected chi connectivity index (χ4v) is 8.85. The molecule has 70 heavy (non-hydrogen) atoms. The number of likely N-dealkylation sites (N-methyl/N-ethyl adjacent to an activating group) is 2. The van der Waals surface area contributed by atoms with Gasteiger partial charge in [-0.2, -0.15) is 0 Å². The smallest absolute Gasteiger partial charge is 0.410 e. The number of carbonyl (C=O) groups is 7. The molecule has 1 fully saturated rings. The number of amides is 7. The van der Waals surface area contributed by atoms with Gasteiger partial charge >= 0.3 is 6.09 Å². The molecule has 7 N–H and O–H groups in total. The van der Waals surface area contributed by atoms with Crippen molar-refractivity contribution in [2.45, 2.75) is 136 Å². The van der Waals surface area contributed by atoms with Crippen LogP contribution < -0.4 is 27.0 Å². The first-order valence-electron chi connectivity index (χ1n) is 24.3. The highest BCUT2D eigenvalue weighted by molar-refractivity contribution is 5.95. The monoisotopic (exact) mass is 981 g/mol. The van der Waals surface area contributed by atoms with Crippen molar-refractivity contribution in [1.82, 2.24) is 30.7 Å². The molecule has 0 aliphatic carbocycles. The molecule has 2 aromatic rings. The number of aliphatic hydroxyl groups is 1. The quantitative estimate of drug-likeness (QED) is 0.0792. The largest absolute Gasteiger partial charge is 0.445 e. The fraction of sp³-hybridized carbons (Fsp3) is 0.627. The Morgan fingerprint density at radius 2 is 1.44 bits per heavy atom. The maximum absolute atomic E-state index is 14.2. The highest BCUT2D eigenvalue weighted by atomic mass is 16.6. The summed E-state index contributed by atoms with van der Waals surface area (Å²) >= 11 is 0. The number of ether oxygens (including phenoxy) is 3. The van der Waals surface area contributed by atoms with E-state index in [-0.39, 0.29) is 55.7 Å². The van der Waals surface area contributed by atoms with Crippen molar-refractivity contribution >= 4 is 47.2 Å². The van der Waals surface area contributed by atoms with E-state index in [1.807, 2.05) is 45.9 Å². The van der Waals surface area contributed by atoms with Crippen molar-refractivity contribution in [3.63, 3.8) is 0 Å². The van der Waals surface area contributed by atoms with Crippen LogP contribution >= 0.6 is 0 Å². The van der Waals surface area contributed by atoms with Crippen LogP contribution in [-0.4, -0.2) is 152 Å². The summed E-state index contributed by atoms with van der Waals surface area (Å²) in [5.41, 5.74) is 7.58. The van der Waals surface area contributed by atoms with Crippen molar-refractivity contribution in [3.05, 3.63) is 65.7 Å². The van der Waals surface area contributed by atoms with Gasteiger partial charge < -0.3 is 56.1 Å². The lowest BCUT2D eigenvalue weighted by Gasteiger charge is -2.39. The zero-order valence-electron chi connectivity index (χ0n) is 43.2. The number of nitrogens with one attached hydrogen (secondary N) is 4. The number of nitrogens with two attached hydrogens (primary N) is 1. The molecule has 0 aromatic heterocycles. The maximum Gasteiger partial charge on any atom is 0.410 e. The van der Waals surface area contributed by atoms with E-state index in [4.69, 9.17) is 19.9 Å². The first kappa shape index (κ1) is 58.7. The Balaban J connectivity index is 1.60. The molecule has 19 nitrogen and oxygen atoms in total. The highest BCUT2D eigenvalue weighted by Crippen LogP contribution is 2.30. The Hall–Kier alpha value is -5.63. The Morgan fingerprint density at radius 3 is 2.01 bits per heavy atom. The molecular weight excluding hydrogens is 901 g/mol. The normalized spacial score (nSPS) is 17.5. The summed E-state index contributed by atoms with van der Waals surface area (Å²) in [7, 11) is 6.08. The molecule has 10 atom stereocenters. The first-order chi connectivity index (χ1) is 33.1. The Bertz CT molecular complexity index is 2020. The summed E-state index contributed by atoms with van der Waals surface area (Å²) in [5.74, 6) is -3.58. The van der Waals surface area contributed by atoms with E-state index in [1.165, 1.54) is 31.1 Å². The van der Waals surface area contributed by atoms with Crippen LogP contribution in [0.3, 0.4) is 0 Å². The molecule has 0 bridgehead atoms. The van der Waals surface area contributed by atoms with E-state index in [2.05, 4.69) is 21.3 Å². The van der Waals surface area contributed by atoms with Gasteiger partial charge in [-0.05, 0) is 60.8 Å². The zero-order valence-corrected chi connectivity index (χ0v) is 43.2. The van der Waals surface area contributed by atoms with Crippen LogP contribution in [-0.2, 0) is 49.6 Å². The lowest BCUT2D eigenvalue weighted by molar-refractivity contribution is -0.146. The number of hydrogen-bond donors (Lipinski definition) is 6. The molecule has 2 aromatic carbocycles. The van der Waals surface area contributed by atoms with E-state index in [1.54, 1.807) is 76.0 Å². The molecule has 0 spiro atoms. The Morgan fingerprint density at radius 1 is 0.814 bits per heavy atom. The molecule has 1 saturated heterocycles. The van der Waals surface area contributed by atoms with Gasteiger partial charge in [0.25, 0.3) is 0 Å². The SMILES string of the molecule is CC[C@H](C)C([C@@H](CC(=O)N1CCC[C@H]1[C@H](OC)[C@@H](C)C(=O)NC(C)C(O)c1ccccc1)OC)N(C)C(=O)CNC(=O)C(C(C)C)N(C)C(=O)OCc1ccc(NC(=O)CNC(=O)C(N)C(C)C)cc1. The minimum Gasteiger partial charge on any atom is -0.445 e. The molecule has 7 amide bonds. The van der Waals surface area contributed by atoms with Gasteiger partial charge in [-0.3, -0.25) is 33.7 Å². The van der Waals surface area contributed by atoms with E-state index < -0.39 is 84.2 Å². The number of benzene rings is 2. The van der Waals surface area contributed by atoms with Crippen LogP contribution in [0.2, 0.25) is 0 Å². The first-order valence-corrected chi connectivity index (χ1v) is 24.3. The summed E-state index contributed by atoms with van der Waals surface area (Å²) < 4.78 is 17.4. The van der Waals surface area contributed by atoms with Crippen LogP contribution in [0.1, 0.15) is 98.3 Å². The number of carbonyl (C=O) groups excluding carboxylic acids is 7. The van der Waals surface area contributed by atoms with Crippen molar-refractivity contribution in [2.24, 2.45) is 29.4 Å².